The van der Waals surface area contributed by atoms with Gasteiger partial charge in [0.25, 0.3) is 5.56 Å². The van der Waals surface area contributed by atoms with Crippen molar-refractivity contribution < 1.29 is 0 Å². The molecule has 2 aromatic heterocycles. The molecule has 0 aliphatic rings. The molecule has 1 N–H and O–H groups in total. The molecule has 0 aliphatic heterocycles. The van der Waals surface area contributed by atoms with Crippen LogP contribution in [0.25, 0.3) is 10.1 Å². The molecule has 2 heterocycles. The van der Waals surface area contributed by atoms with Gasteiger partial charge in [0.05, 0.1) is 5.39 Å². The van der Waals surface area contributed by atoms with Crippen LogP contribution in [0.1, 0.15) is 18.1 Å². The standard InChI is InChI=1S/C10H11NOS/c1-3-7-4-11-10(12)8-6(2)5-13-9(7)8/h4-5H,3H2,1-2H3,(H,11,12). The molecule has 0 fully saturated rings. The molecule has 0 spiro atoms. The van der Waals surface area contributed by atoms with Crippen LogP contribution in [0.15, 0.2) is 16.4 Å². The predicted molar refractivity (Wildman–Crippen MR) is 56.6 cm³/mol. The molecule has 0 aliphatic carbocycles. The topological polar surface area (TPSA) is 32.9 Å². The number of aryl methyl sites for hydroxylation is 2. The third kappa shape index (κ3) is 1.20. The Balaban J connectivity index is 2.95. The van der Waals surface area contributed by atoms with Crippen LogP contribution >= 0.6 is 11.3 Å². The van der Waals surface area contributed by atoms with Crippen LogP contribution in [0.2, 0.25) is 0 Å². The maximum absolute atomic E-state index is 11.5. The Hall–Kier alpha value is -1.09. The predicted octanol–water partition coefficient (Wildman–Crippen LogP) is 2.46. The summed E-state index contributed by atoms with van der Waals surface area (Å²) in [4.78, 5) is 14.3. The van der Waals surface area contributed by atoms with E-state index in [0.29, 0.717) is 0 Å². The Labute approximate surface area is 80.2 Å². The van der Waals surface area contributed by atoms with Crippen molar-refractivity contribution in [1.82, 2.24) is 4.98 Å². The van der Waals surface area contributed by atoms with Crippen LogP contribution in [0.5, 0.6) is 0 Å². The zero-order valence-corrected chi connectivity index (χ0v) is 8.49. The van der Waals surface area contributed by atoms with Crippen LogP contribution in [0, 0.1) is 6.92 Å². The Morgan fingerprint density at radius 2 is 2.31 bits per heavy atom. The number of aromatic nitrogens is 1. The first-order valence-electron chi connectivity index (χ1n) is 4.32. The molecule has 0 saturated heterocycles. The summed E-state index contributed by atoms with van der Waals surface area (Å²) in [6.45, 7) is 4.08. The van der Waals surface area contributed by atoms with E-state index in [0.717, 1.165) is 22.1 Å². The molecule has 2 nitrogen and oxygen atoms in total. The lowest BCUT2D eigenvalue weighted by atomic mass is 10.1. The van der Waals surface area contributed by atoms with Gasteiger partial charge in [-0.05, 0) is 29.9 Å². The summed E-state index contributed by atoms with van der Waals surface area (Å²) >= 11 is 1.66. The first-order valence-corrected chi connectivity index (χ1v) is 5.20. The van der Waals surface area contributed by atoms with Gasteiger partial charge in [0.1, 0.15) is 0 Å². The summed E-state index contributed by atoms with van der Waals surface area (Å²) in [6.07, 6.45) is 2.79. The quantitative estimate of drug-likeness (QED) is 0.741. The van der Waals surface area contributed by atoms with Crippen molar-refractivity contribution in [3.8, 4) is 0 Å². The third-order valence-electron chi connectivity index (χ3n) is 2.25. The highest BCUT2D eigenvalue weighted by Crippen LogP contribution is 2.25. The zero-order chi connectivity index (χ0) is 9.42. The molecule has 0 atom stereocenters. The molecule has 2 rings (SSSR count). The molecule has 0 unspecified atom stereocenters. The summed E-state index contributed by atoms with van der Waals surface area (Å²) in [7, 11) is 0. The highest BCUT2D eigenvalue weighted by molar-refractivity contribution is 7.17. The van der Waals surface area contributed by atoms with Gasteiger partial charge >= 0.3 is 0 Å². The van der Waals surface area contributed by atoms with Crippen LogP contribution in [-0.4, -0.2) is 4.98 Å². The van der Waals surface area contributed by atoms with Crippen molar-refractivity contribution in [3.05, 3.63) is 33.1 Å². The molecule has 0 radical (unpaired) electrons. The lowest BCUT2D eigenvalue weighted by Crippen LogP contribution is -2.06. The van der Waals surface area contributed by atoms with E-state index in [4.69, 9.17) is 0 Å². The van der Waals surface area contributed by atoms with Crippen LogP contribution in [0.3, 0.4) is 0 Å². The Bertz CT molecular complexity index is 495. The van der Waals surface area contributed by atoms with E-state index in [2.05, 4.69) is 11.9 Å². The number of fused-ring (bicyclic) bond motifs is 1. The van der Waals surface area contributed by atoms with Gasteiger partial charge in [-0.1, -0.05) is 6.92 Å². The Kier molecular flexibility index (Phi) is 1.96. The molecule has 3 heteroatoms. The molecule has 0 bridgehead atoms. The summed E-state index contributed by atoms with van der Waals surface area (Å²) in [5.74, 6) is 0. The van der Waals surface area contributed by atoms with Gasteiger partial charge in [0, 0.05) is 10.9 Å². The van der Waals surface area contributed by atoms with E-state index in [1.54, 1.807) is 11.3 Å². The summed E-state index contributed by atoms with van der Waals surface area (Å²) < 4.78 is 1.14. The maximum Gasteiger partial charge on any atom is 0.256 e. The second-order valence-corrected chi connectivity index (χ2v) is 4.00. The molecular weight excluding hydrogens is 182 g/mol. The van der Waals surface area contributed by atoms with Crippen molar-refractivity contribution in [3.63, 3.8) is 0 Å². The van der Waals surface area contributed by atoms with Gasteiger partial charge in [-0.3, -0.25) is 4.79 Å². The highest BCUT2D eigenvalue weighted by Gasteiger charge is 2.07. The second-order valence-electron chi connectivity index (χ2n) is 3.12. The fourth-order valence-corrected chi connectivity index (χ4v) is 2.65. The first-order chi connectivity index (χ1) is 6.24. The van der Waals surface area contributed by atoms with Gasteiger partial charge in [-0.2, -0.15) is 0 Å². The number of H-pyrrole nitrogens is 1. The van der Waals surface area contributed by atoms with Crippen molar-refractivity contribution in [2.45, 2.75) is 20.3 Å². The smallest absolute Gasteiger partial charge is 0.256 e. The highest BCUT2D eigenvalue weighted by atomic mass is 32.1. The largest absolute Gasteiger partial charge is 0.328 e. The minimum Gasteiger partial charge on any atom is -0.328 e. The SMILES string of the molecule is CCc1c[nH]c(=O)c2c(C)csc12. The van der Waals surface area contributed by atoms with Gasteiger partial charge in [-0.25, -0.2) is 0 Å². The van der Waals surface area contributed by atoms with E-state index in [-0.39, 0.29) is 5.56 Å². The monoisotopic (exact) mass is 193 g/mol. The number of aromatic amines is 1. The first kappa shape index (κ1) is 8.51. The van der Waals surface area contributed by atoms with Crippen molar-refractivity contribution in [2.24, 2.45) is 0 Å². The normalized spacial score (nSPS) is 10.9. The maximum atomic E-state index is 11.5. The molecule has 0 aromatic carbocycles. The average Bonchev–Trinajstić information content (AvgIpc) is 2.50. The van der Waals surface area contributed by atoms with Crippen LogP contribution < -0.4 is 5.56 Å². The molecule has 13 heavy (non-hydrogen) atoms. The van der Waals surface area contributed by atoms with Gasteiger partial charge in [-0.15, -0.1) is 11.3 Å². The molecule has 2 aromatic rings. The van der Waals surface area contributed by atoms with Crippen molar-refractivity contribution in [2.75, 3.05) is 0 Å². The van der Waals surface area contributed by atoms with E-state index in [9.17, 15) is 4.79 Å². The van der Waals surface area contributed by atoms with E-state index in [1.807, 2.05) is 18.5 Å². The van der Waals surface area contributed by atoms with E-state index < -0.39 is 0 Å². The lowest BCUT2D eigenvalue weighted by Gasteiger charge is -1.97. The number of nitrogens with one attached hydrogen (secondary N) is 1. The summed E-state index contributed by atoms with van der Waals surface area (Å²) in [6, 6.07) is 0. The molecule has 0 saturated carbocycles. The fraction of sp³-hybridized carbons (Fsp3) is 0.300. The number of rotatable bonds is 1. The van der Waals surface area contributed by atoms with Gasteiger partial charge in [0.2, 0.25) is 0 Å². The van der Waals surface area contributed by atoms with Crippen LogP contribution in [-0.2, 0) is 6.42 Å². The molecule has 0 amide bonds. The van der Waals surface area contributed by atoms with Gasteiger partial charge in [0.15, 0.2) is 0 Å². The fourth-order valence-electron chi connectivity index (χ4n) is 1.52. The number of hydrogen-bond acceptors (Lipinski definition) is 2. The van der Waals surface area contributed by atoms with Crippen LogP contribution in [0.4, 0.5) is 0 Å². The molecular formula is C10H11NOS. The Morgan fingerprint density at radius 3 is 3.00 bits per heavy atom. The minimum atomic E-state index is 0.0333. The van der Waals surface area contributed by atoms with Crippen molar-refractivity contribution >= 4 is 21.4 Å². The minimum absolute atomic E-state index is 0.0333. The number of hydrogen-bond donors (Lipinski definition) is 1. The number of thiophene rings is 1. The summed E-state index contributed by atoms with van der Waals surface area (Å²) in [5.41, 5.74) is 2.34. The van der Waals surface area contributed by atoms with Crippen molar-refractivity contribution in [1.29, 1.82) is 0 Å². The van der Waals surface area contributed by atoms with E-state index in [1.165, 1.54) is 5.56 Å². The average molecular weight is 193 g/mol. The Morgan fingerprint density at radius 1 is 1.54 bits per heavy atom. The second kappa shape index (κ2) is 3.00. The lowest BCUT2D eigenvalue weighted by molar-refractivity contribution is 1.12. The summed E-state index contributed by atoms with van der Waals surface area (Å²) in [5, 5.41) is 2.91. The zero-order valence-electron chi connectivity index (χ0n) is 7.68. The molecule has 68 valence electrons. The van der Waals surface area contributed by atoms with E-state index >= 15 is 0 Å². The number of pyridine rings is 1. The van der Waals surface area contributed by atoms with Gasteiger partial charge < -0.3 is 4.98 Å². The third-order valence-corrected chi connectivity index (χ3v) is 3.43.